The minimum Gasteiger partial charge on any atom is -0.378 e. The zero-order valence-electron chi connectivity index (χ0n) is 18.6. The molecule has 0 radical (unpaired) electrons. The molecule has 1 saturated heterocycles. The minimum absolute atomic E-state index is 0.126. The monoisotopic (exact) mass is 517 g/mol. The molecule has 1 aliphatic heterocycles. The zero-order chi connectivity index (χ0) is 24.2. The van der Waals surface area contributed by atoms with Crippen molar-refractivity contribution in [3.8, 4) is 0 Å². The Hall–Kier alpha value is -3.16. The standard InChI is InChI=1S/C21H23N7O3S3/c1-26(2)15-5-3-14(4-6-15)23-21(32)27-9-7-13(8-10-27)19-24-16(12-33-19)18(29)25-20-22-11-17(34-20)28(30)31/h3-6,11-13H,7-10H2,1-2H3,(H,23,32)(H,22,25,29). The molecular weight excluding hydrogens is 494 g/mol. The highest BCUT2D eigenvalue weighted by Gasteiger charge is 2.25. The maximum absolute atomic E-state index is 12.5. The van der Waals surface area contributed by atoms with Crippen molar-refractivity contribution >= 4 is 67.4 Å². The molecule has 1 aliphatic rings. The lowest BCUT2D eigenvalue weighted by Gasteiger charge is -2.33. The maximum atomic E-state index is 12.5. The van der Waals surface area contributed by atoms with Crippen molar-refractivity contribution in [2.45, 2.75) is 18.8 Å². The van der Waals surface area contributed by atoms with E-state index in [1.807, 2.05) is 43.3 Å². The van der Waals surface area contributed by atoms with E-state index >= 15 is 0 Å². The number of benzene rings is 1. The quantitative estimate of drug-likeness (QED) is 0.279. The maximum Gasteiger partial charge on any atom is 0.345 e. The summed E-state index contributed by atoms with van der Waals surface area (Å²) >= 11 is 7.87. The molecule has 10 nitrogen and oxygen atoms in total. The average molecular weight is 518 g/mol. The van der Waals surface area contributed by atoms with E-state index in [4.69, 9.17) is 12.2 Å². The highest BCUT2D eigenvalue weighted by molar-refractivity contribution is 7.80. The Morgan fingerprint density at radius 1 is 1.24 bits per heavy atom. The Bertz CT molecular complexity index is 1180. The summed E-state index contributed by atoms with van der Waals surface area (Å²) in [5, 5.41) is 20.0. The first-order chi connectivity index (χ1) is 16.3. The molecule has 0 bridgehead atoms. The fourth-order valence-corrected chi connectivity index (χ4v) is 5.42. The number of carbonyl (C=O) groups excluding carboxylic acids is 1. The van der Waals surface area contributed by atoms with Crippen LogP contribution in [0.15, 0.2) is 35.8 Å². The second-order valence-corrected chi connectivity index (χ2v) is 10.2. The van der Waals surface area contributed by atoms with Crippen molar-refractivity contribution in [3.05, 3.63) is 56.7 Å². The van der Waals surface area contributed by atoms with Crippen LogP contribution in [0, 0.1) is 10.1 Å². The highest BCUT2D eigenvalue weighted by atomic mass is 32.1. The summed E-state index contributed by atoms with van der Waals surface area (Å²) in [6.07, 6.45) is 2.89. The van der Waals surface area contributed by atoms with Crippen LogP contribution in [-0.4, -0.2) is 58.0 Å². The number of nitro groups is 1. The van der Waals surface area contributed by atoms with Gasteiger partial charge in [-0.1, -0.05) is 0 Å². The molecule has 0 saturated carbocycles. The van der Waals surface area contributed by atoms with Gasteiger partial charge in [0.15, 0.2) is 10.2 Å². The van der Waals surface area contributed by atoms with Gasteiger partial charge in [-0.3, -0.25) is 20.2 Å². The second-order valence-electron chi connectivity index (χ2n) is 7.92. The smallest absolute Gasteiger partial charge is 0.345 e. The van der Waals surface area contributed by atoms with Crippen LogP contribution in [0.5, 0.6) is 0 Å². The van der Waals surface area contributed by atoms with E-state index in [2.05, 4.69) is 25.5 Å². The van der Waals surface area contributed by atoms with Crippen molar-refractivity contribution < 1.29 is 9.72 Å². The molecule has 1 fully saturated rings. The Morgan fingerprint density at radius 3 is 2.56 bits per heavy atom. The summed E-state index contributed by atoms with van der Waals surface area (Å²) in [6, 6.07) is 8.12. The van der Waals surface area contributed by atoms with Crippen LogP contribution in [0.25, 0.3) is 0 Å². The number of rotatable bonds is 6. The number of hydrogen-bond donors (Lipinski definition) is 2. The molecule has 0 spiro atoms. The molecular formula is C21H23N7O3S3. The van der Waals surface area contributed by atoms with Crippen LogP contribution in [0.2, 0.25) is 0 Å². The SMILES string of the molecule is CN(C)c1ccc(NC(=S)N2CCC(c3nc(C(=O)Nc4ncc([N+](=O)[O-])s4)cs3)CC2)cc1. The largest absolute Gasteiger partial charge is 0.378 e. The third kappa shape index (κ3) is 5.66. The van der Waals surface area contributed by atoms with E-state index in [1.165, 1.54) is 11.3 Å². The summed E-state index contributed by atoms with van der Waals surface area (Å²) in [5.74, 6) is -0.166. The number of piperidine rings is 1. The summed E-state index contributed by atoms with van der Waals surface area (Å²) < 4.78 is 0. The van der Waals surface area contributed by atoms with Gasteiger partial charge in [0.25, 0.3) is 5.91 Å². The lowest BCUT2D eigenvalue weighted by atomic mass is 9.98. The first-order valence-corrected chi connectivity index (χ1v) is 12.6. The van der Waals surface area contributed by atoms with E-state index in [0.717, 1.165) is 59.8 Å². The summed E-state index contributed by atoms with van der Waals surface area (Å²) in [6.45, 7) is 1.60. The Labute approximate surface area is 209 Å². The van der Waals surface area contributed by atoms with Gasteiger partial charge < -0.3 is 15.1 Å². The number of anilines is 3. The van der Waals surface area contributed by atoms with Gasteiger partial charge in [0.1, 0.15) is 11.9 Å². The van der Waals surface area contributed by atoms with Crippen LogP contribution in [0.1, 0.15) is 34.3 Å². The lowest BCUT2D eigenvalue weighted by molar-refractivity contribution is -0.380. The van der Waals surface area contributed by atoms with Crippen molar-refractivity contribution in [2.24, 2.45) is 0 Å². The van der Waals surface area contributed by atoms with Crippen molar-refractivity contribution in [2.75, 3.05) is 42.7 Å². The van der Waals surface area contributed by atoms with Gasteiger partial charge in [-0.25, -0.2) is 9.97 Å². The summed E-state index contributed by atoms with van der Waals surface area (Å²) in [7, 11) is 4.01. The fourth-order valence-electron chi connectivity index (χ4n) is 3.52. The average Bonchev–Trinajstić information content (AvgIpc) is 3.50. The molecule has 1 amide bonds. The van der Waals surface area contributed by atoms with Gasteiger partial charge in [-0.05, 0) is 60.7 Å². The lowest BCUT2D eigenvalue weighted by Crippen LogP contribution is -2.40. The zero-order valence-corrected chi connectivity index (χ0v) is 21.0. The van der Waals surface area contributed by atoms with Gasteiger partial charge in [0, 0.05) is 49.9 Å². The molecule has 4 rings (SSSR count). The predicted octanol–water partition coefficient (Wildman–Crippen LogP) is 4.40. The first kappa shape index (κ1) is 24.0. The normalized spacial score (nSPS) is 14.0. The Kier molecular flexibility index (Phi) is 7.34. The van der Waals surface area contributed by atoms with E-state index in [1.54, 1.807) is 5.38 Å². The molecule has 2 N–H and O–H groups in total. The molecule has 3 aromatic rings. The van der Waals surface area contributed by atoms with Crippen LogP contribution < -0.4 is 15.5 Å². The molecule has 2 aromatic heterocycles. The number of thiocarbonyl (C=S) groups is 1. The van der Waals surface area contributed by atoms with Gasteiger partial charge in [0.2, 0.25) is 0 Å². The van der Waals surface area contributed by atoms with Crippen LogP contribution in [-0.2, 0) is 0 Å². The van der Waals surface area contributed by atoms with Gasteiger partial charge in [0.05, 0.1) is 9.93 Å². The molecule has 1 aromatic carbocycles. The number of carbonyl (C=O) groups is 1. The third-order valence-corrected chi connectivity index (χ3v) is 7.65. The van der Waals surface area contributed by atoms with Gasteiger partial charge >= 0.3 is 5.00 Å². The summed E-state index contributed by atoms with van der Waals surface area (Å²) in [5.41, 5.74) is 2.37. The van der Waals surface area contributed by atoms with Gasteiger partial charge in [-0.15, -0.1) is 11.3 Å². The van der Waals surface area contributed by atoms with Crippen LogP contribution >= 0.6 is 34.9 Å². The fraction of sp³-hybridized carbons (Fsp3) is 0.333. The van der Waals surface area contributed by atoms with Crippen molar-refractivity contribution in [1.29, 1.82) is 0 Å². The minimum atomic E-state index is -0.539. The number of amides is 1. The number of nitrogens with zero attached hydrogens (tertiary/aromatic N) is 5. The number of likely N-dealkylation sites (tertiary alicyclic amines) is 1. The number of hydrogen-bond acceptors (Lipinski definition) is 9. The number of thiazole rings is 2. The Morgan fingerprint density at radius 2 is 1.94 bits per heavy atom. The van der Waals surface area contributed by atoms with Crippen molar-refractivity contribution in [3.63, 3.8) is 0 Å². The molecule has 0 unspecified atom stereocenters. The van der Waals surface area contributed by atoms with Gasteiger partial charge in [-0.2, -0.15) is 0 Å². The van der Waals surface area contributed by atoms with E-state index in [0.29, 0.717) is 10.8 Å². The van der Waals surface area contributed by atoms with Crippen LogP contribution in [0.4, 0.5) is 21.5 Å². The molecule has 178 valence electrons. The summed E-state index contributed by atoms with van der Waals surface area (Å²) in [4.78, 5) is 35.3. The van der Waals surface area contributed by atoms with Crippen LogP contribution in [0.3, 0.4) is 0 Å². The first-order valence-electron chi connectivity index (χ1n) is 10.5. The predicted molar refractivity (Wildman–Crippen MR) is 139 cm³/mol. The topological polar surface area (TPSA) is 117 Å². The van der Waals surface area contributed by atoms with E-state index in [-0.39, 0.29) is 16.1 Å². The molecule has 3 heterocycles. The molecule has 0 aliphatic carbocycles. The van der Waals surface area contributed by atoms with E-state index < -0.39 is 10.8 Å². The number of nitrogens with one attached hydrogen (secondary N) is 2. The molecule has 13 heteroatoms. The number of aromatic nitrogens is 2. The third-order valence-electron chi connectivity index (χ3n) is 5.41. The highest BCUT2D eigenvalue weighted by Crippen LogP contribution is 2.31. The van der Waals surface area contributed by atoms with Crippen molar-refractivity contribution in [1.82, 2.24) is 14.9 Å². The molecule has 34 heavy (non-hydrogen) atoms. The van der Waals surface area contributed by atoms with E-state index in [9.17, 15) is 14.9 Å². The Balaban J connectivity index is 1.29. The molecule has 0 atom stereocenters. The second kappa shape index (κ2) is 10.4.